The Balaban J connectivity index is 3.51. The van der Waals surface area contributed by atoms with E-state index in [1.165, 1.54) is 6.92 Å². The minimum absolute atomic E-state index is 0.0521. The van der Waals surface area contributed by atoms with Gasteiger partial charge in [-0.3, -0.25) is 15.4 Å². The first-order valence-electron chi connectivity index (χ1n) is 12.6. The molecule has 0 bridgehead atoms. The van der Waals surface area contributed by atoms with Crippen LogP contribution in [0.4, 0.5) is 9.59 Å². The van der Waals surface area contributed by atoms with Gasteiger partial charge in [0.2, 0.25) is 11.9 Å². The van der Waals surface area contributed by atoms with Crippen LogP contribution in [-0.4, -0.2) is 73.1 Å². The Hall–Kier alpha value is -3.15. The molecule has 210 valence electrons. The molecular weight excluding hydrogens is 484 g/mol. The van der Waals surface area contributed by atoms with Gasteiger partial charge in [-0.25, -0.2) is 19.4 Å². The molecular formula is C25H42N4O8. The van der Waals surface area contributed by atoms with Crippen molar-refractivity contribution < 1.29 is 38.1 Å². The lowest BCUT2D eigenvalue weighted by molar-refractivity contribution is -0.139. The van der Waals surface area contributed by atoms with Gasteiger partial charge < -0.3 is 24.3 Å². The smallest absolute Gasteiger partial charge is 0.414 e. The monoisotopic (exact) mass is 526 g/mol. The Morgan fingerprint density at radius 2 is 1.59 bits per heavy atom. The molecule has 1 aliphatic carbocycles. The lowest BCUT2D eigenvalue weighted by Crippen LogP contribution is -2.55. The maximum absolute atomic E-state index is 12.7. The highest BCUT2D eigenvalue weighted by Crippen LogP contribution is 2.27. The average Bonchev–Trinajstić information content (AvgIpc) is 2.77. The van der Waals surface area contributed by atoms with Gasteiger partial charge in [-0.05, 0) is 53.5 Å². The van der Waals surface area contributed by atoms with Crippen LogP contribution >= 0.6 is 0 Å². The van der Waals surface area contributed by atoms with E-state index in [4.69, 9.17) is 18.9 Å². The maximum Gasteiger partial charge on any atom is 0.414 e. The van der Waals surface area contributed by atoms with Crippen molar-refractivity contribution in [1.29, 1.82) is 0 Å². The number of nitrogens with zero attached hydrogens (tertiary/aromatic N) is 1. The van der Waals surface area contributed by atoms with Crippen molar-refractivity contribution in [3.05, 3.63) is 11.6 Å². The first-order chi connectivity index (χ1) is 17.3. The molecule has 1 aliphatic rings. The van der Waals surface area contributed by atoms with E-state index in [0.29, 0.717) is 18.4 Å². The SMILES string of the molecule is CCOC(=O)NC(=N[C@H]1CC(C(=O)OCC)=C[C@@H](OC(CC)CC)[C@@H]1NC(C)=O)NC(=O)OC(C)(C)C. The van der Waals surface area contributed by atoms with Crippen LogP contribution in [0.25, 0.3) is 0 Å². The van der Waals surface area contributed by atoms with E-state index in [-0.39, 0.29) is 37.6 Å². The van der Waals surface area contributed by atoms with E-state index in [2.05, 4.69) is 20.9 Å². The molecule has 0 spiro atoms. The number of guanidine groups is 1. The molecule has 0 saturated heterocycles. The fourth-order valence-corrected chi connectivity index (χ4v) is 3.61. The van der Waals surface area contributed by atoms with Gasteiger partial charge in [-0.2, -0.15) is 0 Å². The third kappa shape index (κ3) is 11.6. The third-order valence-electron chi connectivity index (χ3n) is 5.14. The lowest BCUT2D eigenvalue weighted by atomic mass is 9.88. The van der Waals surface area contributed by atoms with Crippen molar-refractivity contribution in [3.8, 4) is 0 Å². The van der Waals surface area contributed by atoms with Crippen molar-refractivity contribution in [2.45, 2.75) is 105 Å². The topological polar surface area (TPSA) is 154 Å². The molecule has 3 atom stereocenters. The van der Waals surface area contributed by atoms with Crippen LogP contribution in [0.2, 0.25) is 0 Å². The number of rotatable bonds is 9. The van der Waals surface area contributed by atoms with Crippen LogP contribution in [0, 0.1) is 0 Å². The molecule has 3 N–H and O–H groups in total. The van der Waals surface area contributed by atoms with Crippen LogP contribution in [-0.2, 0) is 28.5 Å². The average molecular weight is 527 g/mol. The Bertz CT molecular complexity index is 861. The van der Waals surface area contributed by atoms with Crippen LogP contribution in [0.3, 0.4) is 0 Å². The Labute approximate surface area is 218 Å². The molecule has 1 rings (SSSR count). The van der Waals surface area contributed by atoms with Crippen LogP contribution in [0.1, 0.15) is 74.7 Å². The second-order valence-electron chi connectivity index (χ2n) is 9.40. The highest BCUT2D eigenvalue weighted by Gasteiger charge is 2.38. The van der Waals surface area contributed by atoms with Crippen LogP contribution < -0.4 is 16.0 Å². The van der Waals surface area contributed by atoms with Gasteiger partial charge in [0.25, 0.3) is 0 Å². The lowest BCUT2D eigenvalue weighted by Gasteiger charge is -2.36. The van der Waals surface area contributed by atoms with Gasteiger partial charge in [-0.15, -0.1) is 0 Å². The molecule has 0 saturated carbocycles. The molecule has 0 fully saturated rings. The first-order valence-corrected chi connectivity index (χ1v) is 12.6. The van der Waals surface area contributed by atoms with Crippen LogP contribution in [0.15, 0.2) is 16.6 Å². The number of alkyl carbamates (subject to hydrolysis) is 2. The Morgan fingerprint density at radius 3 is 2.11 bits per heavy atom. The van der Waals surface area contributed by atoms with E-state index in [9.17, 15) is 19.2 Å². The van der Waals surface area contributed by atoms with E-state index in [0.717, 1.165) is 0 Å². The zero-order valence-electron chi connectivity index (χ0n) is 23.1. The molecule has 12 nitrogen and oxygen atoms in total. The van der Waals surface area contributed by atoms with E-state index in [1.54, 1.807) is 40.7 Å². The zero-order chi connectivity index (χ0) is 28.2. The van der Waals surface area contributed by atoms with Gasteiger partial charge in [0.05, 0.1) is 37.5 Å². The summed E-state index contributed by atoms with van der Waals surface area (Å²) >= 11 is 0. The quantitative estimate of drug-likeness (QED) is 0.179. The van der Waals surface area contributed by atoms with E-state index < -0.39 is 41.9 Å². The highest BCUT2D eigenvalue weighted by molar-refractivity contribution is 6.01. The fraction of sp³-hybridized carbons (Fsp3) is 0.720. The third-order valence-corrected chi connectivity index (χ3v) is 5.14. The number of carbonyl (C=O) groups excluding carboxylic acids is 4. The summed E-state index contributed by atoms with van der Waals surface area (Å²) in [4.78, 5) is 53.9. The molecule has 0 heterocycles. The first kappa shape index (κ1) is 31.9. The van der Waals surface area contributed by atoms with Crippen molar-refractivity contribution in [3.63, 3.8) is 0 Å². The number of aliphatic imine (C=N–C) groups is 1. The summed E-state index contributed by atoms with van der Waals surface area (Å²) in [6.07, 6.45) is 0.551. The van der Waals surface area contributed by atoms with Gasteiger partial charge in [-0.1, -0.05) is 13.8 Å². The normalized spacial score (nSPS) is 20.0. The molecule has 0 aromatic carbocycles. The molecule has 0 radical (unpaired) electrons. The number of esters is 1. The number of ether oxygens (including phenoxy) is 4. The standard InChI is InChI=1S/C25H42N4O8/c1-9-17(10-2)36-19-14-16(21(31)34-11-3)13-18(20(19)26-15(5)30)27-22(28-23(32)35-12-4)29-24(33)37-25(6,7)8/h14,17-20H,9-13H2,1-8H3,(H,26,30)(H2,27,28,29,32,33)/t18-,19+,20+/m0/s1. The number of hydrogen-bond acceptors (Lipinski definition) is 9. The number of hydrogen-bond donors (Lipinski definition) is 3. The summed E-state index contributed by atoms with van der Waals surface area (Å²) in [5.41, 5.74) is -0.502. The second kappa shape index (κ2) is 15.2. The molecule has 0 unspecified atom stereocenters. The van der Waals surface area contributed by atoms with Gasteiger partial charge in [0, 0.05) is 18.9 Å². The molecule has 0 aromatic heterocycles. The number of amides is 3. The highest BCUT2D eigenvalue weighted by atomic mass is 16.6. The molecule has 0 aromatic rings. The van der Waals surface area contributed by atoms with Crippen molar-refractivity contribution in [2.24, 2.45) is 4.99 Å². The predicted octanol–water partition coefficient (Wildman–Crippen LogP) is 2.95. The minimum Gasteiger partial charge on any atom is -0.463 e. The second-order valence-corrected chi connectivity index (χ2v) is 9.40. The number of nitrogens with one attached hydrogen (secondary N) is 3. The summed E-state index contributed by atoms with van der Waals surface area (Å²) < 4.78 is 21.7. The summed E-state index contributed by atoms with van der Waals surface area (Å²) in [5, 5.41) is 7.66. The van der Waals surface area contributed by atoms with Crippen LogP contribution in [0.5, 0.6) is 0 Å². The summed E-state index contributed by atoms with van der Waals surface area (Å²) in [7, 11) is 0. The van der Waals surface area contributed by atoms with Crippen molar-refractivity contribution in [2.75, 3.05) is 13.2 Å². The zero-order valence-corrected chi connectivity index (χ0v) is 23.1. The van der Waals surface area contributed by atoms with Crippen molar-refractivity contribution >= 4 is 30.0 Å². The molecule has 0 aliphatic heterocycles. The largest absolute Gasteiger partial charge is 0.463 e. The maximum atomic E-state index is 12.7. The van der Waals surface area contributed by atoms with E-state index in [1.807, 2.05) is 13.8 Å². The van der Waals surface area contributed by atoms with Gasteiger partial charge >= 0.3 is 18.2 Å². The van der Waals surface area contributed by atoms with Crippen molar-refractivity contribution in [1.82, 2.24) is 16.0 Å². The predicted molar refractivity (Wildman–Crippen MR) is 137 cm³/mol. The minimum atomic E-state index is -0.860. The Kier molecular flexibility index (Phi) is 13.1. The summed E-state index contributed by atoms with van der Waals surface area (Å²) in [5.74, 6) is -1.14. The molecule has 3 amide bonds. The van der Waals surface area contributed by atoms with Gasteiger partial charge in [0.15, 0.2) is 0 Å². The number of carbonyl (C=O) groups is 4. The van der Waals surface area contributed by atoms with Gasteiger partial charge in [0.1, 0.15) is 5.60 Å². The summed E-state index contributed by atoms with van der Waals surface area (Å²) in [6.45, 7) is 14.0. The molecule has 12 heteroatoms. The van der Waals surface area contributed by atoms with E-state index >= 15 is 0 Å². The fourth-order valence-electron chi connectivity index (χ4n) is 3.61. The Morgan fingerprint density at radius 1 is 1.00 bits per heavy atom. The molecule has 37 heavy (non-hydrogen) atoms. The summed E-state index contributed by atoms with van der Waals surface area (Å²) in [6, 6.07) is -1.53.